The molecule has 0 unspecified atom stereocenters. The van der Waals surface area contributed by atoms with E-state index in [1.54, 1.807) is 30.3 Å². The third-order valence-electron chi connectivity index (χ3n) is 9.23. The number of carbonyl (C=O) groups excluding carboxylic acids is 3. The number of thiazole rings is 1. The number of esters is 1. The van der Waals surface area contributed by atoms with Crippen molar-refractivity contribution < 1.29 is 32.3 Å². The van der Waals surface area contributed by atoms with Crippen LogP contribution in [-0.2, 0) is 26.0 Å². The molecule has 0 aliphatic rings. The highest BCUT2D eigenvalue weighted by Gasteiger charge is 2.35. The number of hydrogen-bond donors (Lipinski definition) is 2. The van der Waals surface area contributed by atoms with Crippen LogP contribution in [0.1, 0.15) is 51.3 Å². The Morgan fingerprint density at radius 3 is 2.16 bits per heavy atom. The maximum absolute atomic E-state index is 14.7. The first-order valence-electron chi connectivity index (χ1n) is 18.8. The van der Waals surface area contributed by atoms with E-state index in [9.17, 15) is 22.8 Å². The van der Waals surface area contributed by atoms with Gasteiger partial charge in [0.15, 0.2) is 11.7 Å². The van der Waals surface area contributed by atoms with Gasteiger partial charge in [-0.1, -0.05) is 91.9 Å². The highest BCUT2D eigenvalue weighted by Crippen LogP contribution is 2.30. The Morgan fingerprint density at radius 1 is 0.810 bits per heavy atom. The second-order valence-electron chi connectivity index (χ2n) is 14.2. The highest BCUT2D eigenvalue weighted by molar-refractivity contribution is 7.89. The monoisotopic (exact) mass is 819 g/mol. The van der Waals surface area contributed by atoms with Crippen LogP contribution < -0.4 is 15.4 Å². The fourth-order valence-corrected chi connectivity index (χ4v) is 9.02. The molecule has 0 radical (unpaired) electrons. The smallest absolute Gasteiger partial charge is 0.338 e. The quantitative estimate of drug-likeness (QED) is 0.0906. The van der Waals surface area contributed by atoms with Crippen molar-refractivity contribution in [1.82, 2.24) is 19.6 Å². The average Bonchev–Trinajstić information content (AvgIpc) is 3.62. The zero-order valence-electron chi connectivity index (χ0n) is 32.6. The molecule has 0 aliphatic heterocycles. The second kappa shape index (κ2) is 19.0. The van der Waals surface area contributed by atoms with Gasteiger partial charge in [0.05, 0.1) is 33.3 Å². The number of pyridine rings is 1. The van der Waals surface area contributed by atoms with E-state index in [4.69, 9.17) is 9.47 Å². The molecule has 0 fully saturated rings. The number of carbonyl (C=O) groups is 3. The number of ether oxygens (including phenoxy) is 2. The van der Waals surface area contributed by atoms with Crippen LogP contribution in [-0.4, -0.2) is 72.3 Å². The van der Waals surface area contributed by atoms with Gasteiger partial charge in [-0.3, -0.25) is 19.9 Å². The molecule has 6 aromatic rings. The van der Waals surface area contributed by atoms with Gasteiger partial charge in [0.2, 0.25) is 10.0 Å². The molecular weight excluding hydrogens is 775 g/mol. The summed E-state index contributed by atoms with van der Waals surface area (Å²) in [5.41, 5.74) is 3.77. The van der Waals surface area contributed by atoms with Crippen LogP contribution in [0.4, 0.5) is 5.13 Å². The molecule has 2 aromatic heterocycles. The minimum atomic E-state index is -4.24. The van der Waals surface area contributed by atoms with Crippen molar-refractivity contribution in [2.45, 2.75) is 51.2 Å². The van der Waals surface area contributed by atoms with Gasteiger partial charge in [-0.15, -0.1) is 0 Å². The Hall–Kier alpha value is -5.96. The number of sulfonamides is 1. The van der Waals surface area contributed by atoms with E-state index < -0.39 is 34.0 Å². The summed E-state index contributed by atoms with van der Waals surface area (Å²) in [4.78, 5) is 48.8. The summed E-state index contributed by atoms with van der Waals surface area (Å²) < 4.78 is 43.4. The zero-order valence-corrected chi connectivity index (χ0v) is 34.3. The molecule has 0 bridgehead atoms. The number of nitrogens with zero attached hydrogens (tertiary/aromatic N) is 3. The Bertz CT molecular complexity index is 2440. The maximum atomic E-state index is 14.7. The summed E-state index contributed by atoms with van der Waals surface area (Å²) in [5, 5.41) is 6.14. The molecule has 12 nitrogen and oxygen atoms in total. The molecule has 300 valence electrons. The summed E-state index contributed by atoms with van der Waals surface area (Å²) >= 11 is 1.15. The molecule has 58 heavy (non-hydrogen) atoms. The predicted molar refractivity (Wildman–Crippen MR) is 225 cm³/mol. The van der Waals surface area contributed by atoms with Gasteiger partial charge in [-0.05, 0) is 85.3 Å². The minimum absolute atomic E-state index is 0.00454. The summed E-state index contributed by atoms with van der Waals surface area (Å²) in [6.07, 6.45) is 1.97. The first-order chi connectivity index (χ1) is 27.9. The Morgan fingerprint density at radius 2 is 1.48 bits per heavy atom. The van der Waals surface area contributed by atoms with Crippen LogP contribution in [0.5, 0.6) is 5.75 Å². The fraction of sp³-hybridized carbons (Fsp3) is 0.250. The van der Waals surface area contributed by atoms with Crippen LogP contribution >= 0.6 is 11.3 Å². The molecule has 0 spiro atoms. The topological polar surface area (TPSA) is 157 Å². The van der Waals surface area contributed by atoms with Crippen molar-refractivity contribution in [1.29, 1.82) is 0 Å². The van der Waals surface area contributed by atoms with E-state index in [0.29, 0.717) is 26.7 Å². The van der Waals surface area contributed by atoms with Crippen LogP contribution in [0.15, 0.2) is 126 Å². The molecule has 14 heteroatoms. The maximum Gasteiger partial charge on any atom is 0.338 e. The lowest BCUT2D eigenvalue weighted by atomic mass is 10.0. The van der Waals surface area contributed by atoms with Crippen molar-refractivity contribution in [2.24, 2.45) is 5.92 Å². The van der Waals surface area contributed by atoms with Crippen molar-refractivity contribution in [3.05, 3.63) is 149 Å². The van der Waals surface area contributed by atoms with Gasteiger partial charge in [0.1, 0.15) is 11.9 Å². The van der Waals surface area contributed by atoms with Gasteiger partial charge in [0, 0.05) is 24.5 Å². The Kier molecular flexibility index (Phi) is 13.6. The number of benzene rings is 4. The number of fused-ring (bicyclic) bond motifs is 1. The fourth-order valence-electron chi connectivity index (χ4n) is 6.40. The molecule has 0 saturated carbocycles. The lowest BCUT2D eigenvalue weighted by Crippen LogP contribution is -2.53. The van der Waals surface area contributed by atoms with E-state index in [0.717, 1.165) is 28.0 Å². The minimum Gasteiger partial charge on any atom is -0.483 e. The van der Waals surface area contributed by atoms with E-state index >= 15 is 0 Å². The lowest BCUT2D eigenvalue weighted by Gasteiger charge is -2.33. The third kappa shape index (κ3) is 10.7. The lowest BCUT2D eigenvalue weighted by molar-refractivity contribution is -0.124. The number of amides is 2. The van der Waals surface area contributed by atoms with E-state index in [2.05, 4.69) is 20.6 Å². The summed E-state index contributed by atoms with van der Waals surface area (Å²) in [6.45, 7) is 7.04. The zero-order chi connectivity index (χ0) is 41.2. The van der Waals surface area contributed by atoms with Crippen LogP contribution in [0.2, 0.25) is 0 Å². The molecule has 0 saturated heterocycles. The van der Waals surface area contributed by atoms with Gasteiger partial charge < -0.3 is 14.8 Å². The molecular formula is C44H45N5O7S2. The molecule has 2 atom stereocenters. The number of nitrogens with one attached hydrogen (secondary N) is 2. The first kappa shape index (κ1) is 41.7. The van der Waals surface area contributed by atoms with Crippen molar-refractivity contribution >= 4 is 54.5 Å². The van der Waals surface area contributed by atoms with Gasteiger partial charge >= 0.3 is 5.97 Å². The predicted octanol–water partition coefficient (Wildman–Crippen LogP) is 7.24. The van der Waals surface area contributed by atoms with E-state index in [1.165, 1.54) is 41.0 Å². The molecule has 2 heterocycles. The molecule has 4 aromatic carbocycles. The molecule has 2 amide bonds. The first-order valence-corrected chi connectivity index (χ1v) is 21.0. The van der Waals surface area contributed by atoms with Crippen molar-refractivity contribution in [3.8, 4) is 5.75 Å². The average molecular weight is 820 g/mol. The van der Waals surface area contributed by atoms with Crippen LogP contribution in [0.25, 0.3) is 10.2 Å². The third-order valence-corrected chi connectivity index (χ3v) is 12.0. The van der Waals surface area contributed by atoms with Gasteiger partial charge in [-0.25, -0.2) is 18.2 Å². The highest BCUT2D eigenvalue weighted by atomic mass is 32.2. The molecule has 6 rings (SSSR count). The van der Waals surface area contributed by atoms with Crippen molar-refractivity contribution in [2.75, 3.05) is 25.0 Å². The summed E-state index contributed by atoms with van der Waals surface area (Å²) in [7, 11) is -4.24. The van der Waals surface area contributed by atoms with Gasteiger partial charge in [-0.2, -0.15) is 4.31 Å². The largest absolute Gasteiger partial charge is 0.483 e. The standard InChI is InChI=1S/C44H45N5O7S2/c1-29(2)26-49(58(53,54)35-18-19-36-39(25-35)57-44(47-36)48-42(51)33-16-9-6-10-17-33)27-38(56-43(52)34-20-22-45-23-21-34)37(24-32-14-7-5-8-15-32)46-40(50)28-55-41-30(3)12-11-13-31(41)4/h5-23,25,29,37-38H,24,26-28H2,1-4H3,(H,46,50)(H,47,48,51)/t37-,38+/m0/s1. The number of aromatic nitrogens is 2. The number of aryl methyl sites for hydroxylation is 2. The van der Waals surface area contributed by atoms with E-state index in [-0.39, 0.29) is 48.4 Å². The van der Waals surface area contributed by atoms with Gasteiger partial charge in [0.25, 0.3) is 11.8 Å². The normalized spacial score (nSPS) is 12.6. The number of anilines is 1. The number of rotatable bonds is 17. The molecule has 2 N–H and O–H groups in total. The number of hydrogen-bond acceptors (Lipinski definition) is 10. The van der Waals surface area contributed by atoms with Crippen LogP contribution in [0, 0.1) is 19.8 Å². The Labute approximate surface area is 342 Å². The molecule has 0 aliphatic carbocycles. The SMILES string of the molecule is Cc1cccc(C)c1OCC(=O)N[C@@H](Cc1ccccc1)[C@@H](CN(CC(C)C)S(=O)(=O)c1ccc2nc(NC(=O)c3ccccc3)sc2c1)OC(=O)c1ccncc1. The Balaban J connectivity index is 1.32. The van der Waals surface area contributed by atoms with Crippen LogP contribution in [0.3, 0.4) is 0 Å². The van der Waals surface area contributed by atoms with E-state index in [1.807, 2.05) is 82.3 Å². The summed E-state index contributed by atoms with van der Waals surface area (Å²) in [5.74, 6) is -1.05. The van der Waals surface area contributed by atoms with Crippen molar-refractivity contribution in [3.63, 3.8) is 0 Å². The second-order valence-corrected chi connectivity index (χ2v) is 17.2. The summed E-state index contributed by atoms with van der Waals surface area (Å²) in [6, 6.07) is 30.5. The number of para-hydroxylation sites is 1.